The SMILES string of the molecule is CC(C)c1ccc(Nc2cc(C(=O)NCCCN3CCN(c4cccc(Cl)c4)CC3)c3ccccc3n2)cc1. The standard InChI is InChI=1S/C32H36ClN5O/c1-23(2)24-11-13-26(14-12-24)35-31-22-29(28-9-3-4-10-30(28)36-31)32(39)34-15-6-16-37-17-19-38(20-18-37)27-8-5-7-25(33)21-27/h3-5,7-14,21-23H,6,15-20H2,1-2H3,(H,34,39)(H,35,36). The van der Waals surface area contributed by atoms with E-state index in [9.17, 15) is 4.79 Å². The van der Waals surface area contributed by atoms with Gasteiger partial charge in [-0.2, -0.15) is 0 Å². The van der Waals surface area contributed by atoms with Crippen molar-refractivity contribution in [2.24, 2.45) is 0 Å². The number of para-hydroxylation sites is 1. The van der Waals surface area contributed by atoms with Gasteiger partial charge in [-0.05, 0) is 66.9 Å². The Morgan fingerprint density at radius 2 is 1.72 bits per heavy atom. The number of piperazine rings is 1. The van der Waals surface area contributed by atoms with Crippen LogP contribution in [-0.4, -0.2) is 55.1 Å². The second kappa shape index (κ2) is 12.5. The number of pyridine rings is 1. The van der Waals surface area contributed by atoms with Gasteiger partial charge in [-0.15, -0.1) is 0 Å². The van der Waals surface area contributed by atoms with Crippen molar-refractivity contribution in [2.75, 3.05) is 49.5 Å². The Bertz CT molecular complexity index is 1410. The van der Waals surface area contributed by atoms with Crippen molar-refractivity contribution in [3.8, 4) is 0 Å². The van der Waals surface area contributed by atoms with Crippen LogP contribution in [-0.2, 0) is 0 Å². The monoisotopic (exact) mass is 541 g/mol. The van der Waals surface area contributed by atoms with Crippen molar-refractivity contribution in [3.63, 3.8) is 0 Å². The molecule has 4 aromatic rings. The Balaban J connectivity index is 1.16. The lowest BCUT2D eigenvalue weighted by Crippen LogP contribution is -2.47. The fraction of sp³-hybridized carbons (Fsp3) is 0.312. The van der Waals surface area contributed by atoms with E-state index in [4.69, 9.17) is 16.6 Å². The summed E-state index contributed by atoms with van der Waals surface area (Å²) >= 11 is 6.16. The molecular formula is C32H36ClN5O. The Kier molecular flexibility index (Phi) is 8.64. The number of carbonyl (C=O) groups is 1. The number of halogens is 1. The van der Waals surface area contributed by atoms with Gasteiger partial charge in [0.2, 0.25) is 0 Å². The van der Waals surface area contributed by atoms with Crippen LogP contribution in [0.4, 0.5) is 17.2 Å². The highest BCUT2D eigenvalue weighted by Gasteiger charge is 2.18. The molecule has 1 amide bonds. The number of nitrogens with zero attached hydrogens (tertiary/aromatic N) is 3. The minimum atomic E-state index is -0.0717. The lowest BCUT2D eigenvalue weighted by atomic mass is 10.0. The van der Waals surface area contributed by atoms with E-state index in [1.807, 2.05) is 48.5 Å². The molecule has 0 aliphatic carbocycles. The first-order chi connectivity index (χ1) is 19.0. The molecule has 0 atom stereocenters. The zero-order valence-electron chi connectivity index (χ0n) is 22.7. The Labute approximate surface area is 236 Å². The molecule has 2 N–H and O–H groups in total. The van der Waals surface area contributed by atoms with Crippen LogP contribution in [0.15, 0.2) is 78.9 Å². The fourth-order valence-electron chi connectivity index (χ4n) is 5.03. The average Bonchev–Trinajstić information content (AvgIpc) is 2.95. The van der Waals surface area contributed by atoms with Gasteiger partial charge in [0.25, 0.3) is 5.91 Å². The number of rotatable bonds is 9. The highest BCUT2D eigenvalue weighted by Crippen LogP contribution is 2.25. The second-order valence-corrected chi connectivity index (χ2v) is 10.8. The third kappa shape index (κ3) is 6.88. The number of carbonyl (C=O) groups excluding carboxylic acids is 1. The van der Waals surface area contributed by atoms with E-state index in [0.29, 0.717) is 23.8 Å². The Hall–Kier alpha value is -3.61. The smallest absolute Gasteiger partial charge is 0.252 e. The van der Waals surface area contributed by atoms with E-state index in [2.05, 4.69) is 64.6 Å². The predicted molar refractivity (Wildman–Crippen MR) is 163 cm³/mol. The number of hydrogen-bond acceptors (Lipinski definition) is 5. The van der Waals surface area contributed by atoms with Gasteiger partial charge < -0.3 is 15.5 Å². The van der Waals surface area contributed by atoms with E-state index < -0.39 is 0 Å². The maximum atomic E-state index is 13.3. The molecule has 0 unspecified atom stereocenters. The molecule has 6 nitrogen and oxygen atoms in total. The van der Waals surface area contributed by atoms with Crippen molar-refractivity contribution in [2.45, 2.75) is 26.2 Å². The van der Waals surface area contributed by atoms with Crippen LogP contribution in [0.2, 0.25) is 5.02 Å². The zero-order valence-corrected chi connectivity index (χ0v) is 23.4. The highest BCUT2D eigenvalue weighted by molar-refractivity contribution is 6.30. The van der Waals surface area contributed by atoms with Gasteiger partial charge in [0, 0.05) is 54.5 Å². The topological polar surface area (TPSA) is 60.5 Å². The summed E-state index contributed by atoms with van der Waals surface area (Å²) in [6.07, 6.45) is 0.902. The van der Waals surface area contributed by atoms with E-state index in [-0.39, 0.29) is 5.91 Å². The number of amides is 1. The molecule has 1 fully saturated rings. The molecule has 1 saturated heterocycles. The van der Waals surface area contributed by atoms with Crippen LogP contribution < -0.4 is 15.5 Å². The maximum absolute atomic E-state index is 13.3. The van der Waals surface area contributed by atoms with E-state index in [1.54, 1.807) is 0 Å². The molecule has 1 aromatic heterocycles. The molecular weight excluding hydrogens is 506 g/mol. The van der Waals surface area contributed by atoms with Gasteiger partial charge in [-0.25, -0.2) is 4.98 Å². The van der Waals surface area contributed by atoms with Crippen molar-refractivity contribution in [3.05, 3.63) is 95.0 Å². The predicted octanol–water partition coefficient (Wildman–Crippen LogP) is 6.70. The summed E-state index contributed by atoms with van der Waals surface area (Å²) in [5, 5.41) is 8.14. The molecule has 2 heterocycles. The number of nitrogens with one attached hydrogen (secondary N) is 2. The highest BCUT2D eigenvalue weighted by atomic mass is 35.5. The number of aromatic nitrogens is 1. The first kappa shape index (κ1) is 27.0. The van der Waals surface area contributed by atoms with Crippen LogP contribution >= 0.6 is 11.6 Å². The maximum Gasteiger partial charge on any atom is 0.252 e. The molecule has 5 rings (SSSR count). The van der Waals surface area contributed by atoms with Crippen LogP contribution in [0.1, 0.15) is 42.1 Å². The molecule has 0 saturated carbocycles. The van der Waals surface area contributed by atoms with Crippen molar-refractivity contribution in [1.29, 1.82) is 0 Å². The summed E-state index contributed by atoms with van der Waals surface area (Å²) in [6, 6.07) is 26.1. The van der Waals surface area contributed by atoms with Crippen molar-refractivity contribution >= 4 is 45.6 Å². The second-order valence-electron chi connectivity index (χ2n) is 10.4. The van der Waals surface area contributed by atoms with Crippen molar-refractivity contribution < 1.29 is 4.79 Å². The third-order valence-electron chi connectivity index (χ3n) is 7.29. The minimum Gasteiger partial charge on any atom is -0.369 e. The van der Waals surface area contributed by atoms with E-state index in [1.165, 1.54) is 11.3 Å². The number of hydrogen-bond donors (Lipinski definition) is 2. The molecule has 7 heteroatoms. The minimum absolute atomic E-state index is 0.0717. The number of fused-ring (bicyclic) bond motifs is 1. The van der Waals surface area contributed by atoms with Gasteiger partial charge in [0.1, 0.15) is 5.82 Å². The van der Waals surface area contributed by atoms with Crippen molar-refractivity contribution in [1.82, 2.24) is 15.2 Å². The first-order valence-corrected chi connectivity index (χ1v) is 14.1. The lowest BCUT2D eigenvalue weighted by molar-refractivity contribution is 0.0953. The summed E-state index contributed by atoms with van der Waals surface area (Å²) < 4.78 is 0. The van der Waals surface area contributed by atoms with Gasteiger partial charge >= 0.3 is 0 Å². The quantitative estimate of drug-likeness (QED) is 0.231. The Morgan fingerprint density at radius 1 is 0.949 bits per heavy atom. The molecule has 0 spiro atoms. The molecule has 202 valence electrons. The van der Waals surface area contributed by atoms with Crippen LogP contribution in [0, 0.1) is 0 Å². The van der Waals surface area contributed by atoms with Gasteiger partial charge in [0.05, 0.1) is 11.1 Å². The van der Waals surface area contributed by atoms with Gasteiger partial charge in [0.15, 0.2) is 0 Å². The lowest BCUT2D eigenvalue weighted by Gasteiger charge is -2.36. The largest absolute Gasteiger partial charge is 0.369 e. The molecule has 3 aromatic carbocycles. The third-order valence-corrected chi connectivity index (χ3v) is 7.53. The number of anilines is 3. The van der Waals surface area contributed by atoms with Crippen LogP contribution in [0.25, 0.3) is 10.9 Å². The van der Waals surface area contributed by atoms with Gasteiger partial charge in [-0.3, -0.25) is 9.69 Å². The van der Waals surface area contributed by atoms with Crippen LogP contribution in [0.5, 0.6) is 0 Å². The molecule has 1 aliphatic rings. The summed E-state index contributed by atoms with van der Waals surface area (Å²) in [7, 11) is 0. The average molecular weight is 542 g/mol. The summed E-state index contributed by atoms with van der Waals surface area (Å²) in [5.74, 6) is 1.07. The van der Waals surface area contributed by atoms with E-state index in [0.717, 1.165) is 60.8 Å². The van der Waals surface area contributed by atoms with Gasteiger partial charge in [-0.1, -0.05) is 61.8 Å². The van der Waals surface area contributed by atoms with Crippen LogP contribution in [0.3, 0.4) is 0 Å². The fourth-order valence-corrected chi connectivity index (χ4v) is 5.21. The Morgan fingerprint density at radius 3 is 2.46 bits per heavy atom. The molecule has 1 aliphatic heterocycles. The summed E-state index contributed by atoms with van der Waals surface area (Å²) in [5.41, 5.74) is 4.85. The summed E-state index contributed by atoms with van der Waals surface area (Å²) in [6.45, 7) is 9.91. The van der Waals surface area contributed by atoms with E-state index >= 15 is 0 Å². The number of benzene rings is 3. The normalized spacial score (nSPS) is 14.1. The molecule has 0 radical (unpaired) electrons. The molecule has 39 heavy (non-hydrogen) atoms. The zero-order chi connectivity index (χ0) is 27.2. The first-order valence-electron chi connectivity index (χ1n) is 13.7. The summed E-state index contributed by atoms with van der Waals surface area (Å²) in [4.78, 5) is 22.9. The molecule has 0 bridgehead atoms.